The number of pyridine rings is 1. The molecule has 1 aliphatic rings. The van der Waals surface area contributed by atoms with E-state index >= 15 is 0 Å². The number of carbonyl (C=O) groups is 1. The van der Waals surface area contributed by atoms with Crippen LogP contribution in [0.3, 0.4) is 0 Å². The van der Waals surface area contributed by atoms with E-state index in [1.165, 1.54) is 12.3 Å². The zero-order valence-corrected chi connectivity index (χ0v) is 18.0. The van der Waals surface area contributed by atoms with E-state index in [1.54, 1.807) is 0 Å². The molecule has 7 nitrogen and oxygen atoms in total. The number of carboxylic acid groups (broad SMARTS) is 1. The molecule has 0 saturated heterocycles. The first-order valence-corrected chi connectivity index (χ1v) is 10.3. The maximum absolute atomic E-state index is 12.6. The number of fused-ring (bicyclic) bond motifs is 5. The van der Waals surface area contributed by atoms with Gasteiger partial charge >= 0.3 is 5.97 Å². The largest absolute Gasteiger partial charge is 0.488 e. The van der Waals surface area contributed by atoms with Gasteiger partial charge in [-0.25, -0.2) is 4.79 Å². The number of rotatable bonds is 4. The van der Waals surface area contributed by atoms with Crippen molar-refractivity contribution in [3.63, 3.8) is 0 Å². The Labute approximate surface area is 174 Å². The monoisotopic (exact) mass is 409 g/mol. The van der Waals surface area contributed by atoms with Gasteiger partial charge in [0.05, 0.1) is 30.1 Å². The van der Waals surface area contributed by atoms with E-state index in [0.717, 1.165) is 23.0 Å². The fraction of sp³-hybridized carbons (Fsp3) is 0.435. The molecule has 1 N–H and O–H groups in total. The van der Waals surface area contributed by atoms with Crippen molar-refractivity contribution < 1.29 is 14.6 Å². The molecule has 0 saturated carbocycles. The third-order valence-corrected chi connectivity index (χ3v) is 5.87. The molecule has 158 valence electrons. The van der Waals surface area contributed by atoms with Gasteiger partial charge < -0.3 is 14.4 Å². The van der Waals surface area contributed by atoms with Gasteiger partial charge in [0.1, 0.15) is 16.8 Å². The Balaban J connectivity index is 2.00. The summed E-state index contributed by atoms with van der Waals surface area (Å²) >= 11 is 0. The highest BCUT2D eigenvalue weighted by molar-refractivity contribution is 5.96. The first kappa shape index (κ1) is 20.2. The summed E-state index contributed by atoms with van der Waals surface area (Å²) < 4.78 is 9.95. The Morgan fingerprint density at radius 1 is 1.37 bits per heavy atom. The third kappa shape index (κ3) is 3.18. The molecule has 2 aromatic heterocycles. The molecule has 2 atom stereocenters. The fourth-order valence-corrected chi connectivity index (χ4v) is 4.02. The molecule has 3 aromatic rings. The quantitative estimate of drug-likeness (QED) is 0.693. The standard InChI is InChI=1S/C23H27N3O4/c1-6-13(2)30-18-9-7-8-14-20(18)24-26-12-19(23(3,4)5)25-11-15(22(28)29)17(27)10-16(25)21(14)26/h7-11,13,19H,6,12H2,1-5H3,(H,28,29). The van der Waals surface area contributed by atoms with Crippen LogP contribution in [0.15, 0.2) is 35.3 Å². The molecule has 2 unspecified atom stereocenters. The maximum atomic E-state index is 12.6. The van der Waals surface area contributed by atoms with Crippen molar-refractivity contribution in [3.8, 4) is 17.1 Å². The minimum atomic E-state index is -1.21. The molecule has 0 aliphatic carbocycles. The average molecular weight is 409 g/mol. The molecule has 0 bridgehead atoms. The number of benzene rings is 1. The third-order valence-electron chi connectivity index (χ3n) is 5.87. The summed E-state index contributed by atoms with van der Waals surface area (Å²) in [4.78, 5) is 24.2. The molecule has 1 aromatic carbocycles. The van der Waals surface area contributed by atoms with Crippen molar-refractivity contribution in [2.24, 2.45) is 5.41 Å². The van der Waals surface area contributed by atoms with Crippen LogP contribution in [-0.4, -0.2) is 31.5 Å². The number of hydrogen-bond donors (Lipinski definition) is 1. The van der Waals surface area contributed by atoms with E-state index in [2.05, 4.69) is 27.7 Å². The lowest BCUT2D eigenvalue weighted by Gasteiger charge is -2.38. The van der Waals surface area contributed by atoms with Crippen molar-refractivity contribution in [2.75, 3.05) is 0 Å². The summed E-state index contributed by atoms with van der Waals surface area (Å²) in [7, 11) is 0. The van der Waals surface area contributed by atoms with Gasteiger partial charge in [-0.2, -0.15) is 5.10 Å². The van der Waals surface area contributed by atoms with Gasteiger partial charge in [-0.05, 0) is 24.8 Å². The first-order chi connectivity index (χ1) is 14.1. The van der Waals surface area contributed by atoms with Crippen molar-refractivity contribution >= 4 is 16.9 Å². The van der Waals surface area contributed by atoms with Crippen LogP contribution in [0.25, 0.3) is 22.3 Å². The normalized spacial score (nSPS) is 16.8. The van der Waals surface area contributed by atoms with Crippen LogP contribution in [0.2, 0.25) is 0 Å². The number of nitrogens with zero attached hydrogens (tertiary/aromatic N) is 3. The molecule has 7 heteroatoms. The summed E-state index contributed by atoms with van der Waals surface area (Å²) in [5, 5.41) is 15.2. The Hall–Kier alpha value is -3.09. The van der Waals surface area contributed by atoms with Gasteiger partial charge in [-0.1, -0.05) is 39.8 Å². The number of ether oxygens (including phenoxy) is 1. The molecule has 3 heterocycles. The predicted molar refractivity (Wildman–Crippen MR) is 115 cm³/mol. The summed E-state index contributed by atoms with van der Waals surface area (Å²) in [6, 6.07) is 7.17. The maximum Gasteiger partial charge on any atom is 0.341 e. The zero-order valence-electron chi connectivity index (χ0n) is 18.0. The van der Waals surface area contributed by atoms with E-state index in [-0.39, 0.29) is 23.1 Å². The van der Waals surface area contributed by atoms with Crippen LogP contribution in [-0.2, 0) is 6.54 Å². The smallest absolute Gasteiger partial charge is 0.341 e. The minimum Gasteiger partial charge on any atom is -0.488 e. The molecular formula is C23H27N3O4. The second kappa shape index (κ2) is 7.00. The lowest BCUT2D eigenvalue weighted by Crippen LogP contribution is -2.35. The highest BCUT2D eigenvalue weighted by atomic mass is 16.5. The van der Waals surface area contributed by atoms with Gasteiger partial charge in [-0.3, -0.25) is 9.48 Å². The van der Waals surface area contributed by atoms with Crippen molar-refractivity contribution in [1.82, 2.24) is 14.3 Å². The van der Waals surface area contributed by atoms with Crippen LogP contribution in [0.5, 0.6) is 5.75 Å². The zero-order chi connectivity index (χ0) is 21.8. The summed E-state index contributed by atoms with van der Waals surface area (Å²) in [6.45, 7) is 11.0. The van der Waals surface area contributed by atoms with Crippen LogP contribution in [0.1, 0.15) is 57.4 Å². The number of aromatic nitrogens is 3. The number of hydrogen-bond acceptors (Lipinski definition) is 4. The summed E-state index contributed by atoms with van der Waals surface area (Å²) in [5.74, 6) is -0.497. The lowest BCUT2D eigenvalue weighted by atomic mass is 9.85. The summed E-state index contributed by atoms with van der Waals surface area (Å²) in [6.07, 6.45) is 2.42. The molecular weight excluding hydrogens is 382 g/mol. The van der Waals surface area contributed by atoms with E-state index in [1.807, 2.05) is 34.4 Å². The fourth-order valence-electron chi connectivity index (χ4n) is 4.02. The van der Waals surface area contributed by atoms with E-state index in [4.69, 9.17) is 9.84 Å². The Morgan fingerprint density at radius 2 is 2.10 bits per heavy atom. The number of carboxylic acids is 1. The molecule has 4 rings (SSSR count). The van der Waals surface area contributed by atoms with Gasteiger partial charge in [0.15, 0.2) is 5.43 Å². The van der Waals surface area contributed by atoms with E-state index in [0.29, 0.717) is 18.0 Å². The van der Waals surface area contributed by atoms with Crippen molar-refractivity contribution in [3.05, 3.63) is 46.2 Å². The van der Waals surface area contributed by atoms with E-state index < -0.39 is 11.4 Å². The van der Waals surface area contributed by atoms with Crippen LogP contribution < -0.4 is 10.2 Å². The van der Waals surface area contributed by atoms with Gasteiger partial charge in [0.2, 0.25) is 0 Å². The minimum absolute atomic E-state index is 0.0599. The molecule has 0 radical (unpaired) electrons. The number of aromatic carboxylic acids is 1. The topological polar surface area (TPSA) is 86.3 Å². The molecule has 1 aliphatic heterocycles. The highest BCUT2D eigenvalue weighted by Gasteiger charge is 2.35. The van der Waals surface area contributed by atoms with Crippen LogP contribution >= 0.6 is 0 Å². The van der Waals surface area contributed by atoms with Gasteiger partial charge in [-0.15, -0.1) is 0 Å². The highest BCUT2D eigenvalue weighted by Crippen LogP contribution is 2.43. The van der Waals surface area contributed by atoms with Crippen LogP contribution in [0.4, 0.5) is 0 Å². The van der Waals surface area contributed by atoms with Crippen molar-refractivity contribution in [1.29, 1.82) is 0 Å². The first-order valence-electron chi connectivity index (χ1n) is 10.3. The second-order valence-electron chi connectivity index (χ2n) is 9.05. The van der Waals surface area contributed by atoms with Crippen molar-refractivity contribution in [2.45, 2.75) is 59.7 Å². The van der Waals surface area contributed by atoms with Gasteiger partial charge in [0.25, 0.3) is 0 Å². The Bertz CT molecular complexity index is 1200. The molecule has 0 spiro atoms. The Kier molecular flexibility index (Phi) is 4.71. The van der Waals surface area contributed by atoms with Gasteiger partial charge in [0, 0.05) is 17.6 Å². The summed E-state index contributed by atoms with van der Waals surface area (Å²) in [5.41, 5.74) is 1.35. The molecule has 0 fully saturated rings. The van der Waals surface area contributed by atoms with Crippen LogP contribution in [0, 0.1) is 5.41 Å². The predicted octanol–water partition coefficient (Wildman–Crippen LogP) is 4.34. The molecule has 0 amide bonds. The lowest BCUT2D eigenvalue weighted by molar-refractivity contribution is 0.0693. The van der Waals surface area contributed by atoms with E-state index in [9.17, 15) is 14.7 Å². The SMILES string of the molecule is CCC(C)Oc1cccc2c3n(nc12)CC(C(C)(C)C)n1cc(C(=O)O)c(=O)cc1-3. The second-order valence-corrected chi connectivity index (χ2v) is 9.05. The molecule has 30 heavy (non-hydrogen) atoms. The average Bonchev–Trinajstić information content (AvgIpc) is 3.05. The Morgan fingerprint density at radius 3 is 2.73 bits per heavy atom.